The van der Waals surface area contributed by atoms with E-state index < -0.39 is 0 Å². The third-order valence-electron chi connectivity index (χ3n) is 4.57. The second-order valence-electron chi connectivity index (χ2n) is 6.24. The van der Waals surface area contributed by atoms with Crippen LogP contribution in [0.15, 0.2) is 48.9 Å². The first kappa shape index (κ1) is 15.3. The van der Waals surface area contributed by atoms with E-state index in [9.17, 15) is 0 Å². The van der Waals surface area contributed by atoms with E-state index in [1.54, 1.807) is 18.6 Å². The first-order chi connectivity index (χ1) is 12.3. The van der Waals surface area contributed by atoms with Gasteiger partial charge < -0.3 is 10.2 Å². The van der Waals surface area contributed by atoms with E-state index in [0.29, 0.717) is 11.5 Å². The molecule has 1 aromatic carbocycles. The van der Waals surface area contributed by atoms with Crippen molar-refractivity contribution in [1.82, 2.24) is 15.0 Å². The van der Waals surface area contributed by atoms with Crippen molar-refractivity contribution in [2.24, 2.45) is 5.92 Å². The Morgan fingerprint density at radius 2 is 2.08 bits per heavy atom. The van der Waals surface area contributed by atoms with Crippen LogP contribution in [-0.2, 0) is 0 Å². The van der Waals surface area contributed by atoms with Crippen molar-refractivity contribution in [3.05, 3.63) is 54.5 Å². The Balaban J connectivity index is 1.41. The minimum atomic E-state index is 0.533. The number of fused-ring (bicyclic) bond motifs is 1. The molecule has 1 aliphatic rings. The minimum absolute atomic E-state index is 0.533. The smallest absolute Gasteiger partial charge is 0.139 e. The lowest BCUT2D eigenvalue weighted by Crippen LogP contribution is -2.23. The van der Waals surface area contributed by atoms with Gasteiger partial charge in [0.05, 0.1) is 11.1 Å². The molecule has 0 unspecified atom stereocenters. The molecule has 0 aliphatic carbocycles. The zero-order valence-corrected chi connectivity index (χ0v) is 13.8. The van der Waals surface area contributed by atoms with Crippen molar-refractivity contribution in [1.29, 1.82) is 5.26 Å². The fourth-order valence-electron chi connectivity index (χ4n) is 3.25. The van der Waals surface area contributed by atoms with Crippen LogP contribution < -0.4 is 10.2 Å². The van der Waals surface area contributed by atoms with Crippen LogP contribution in [0.5, 0.6) is 0 Å². The van der Waals surface area contributed by atoms with Crippen LogP contribution in [0.2, 0.25) is 0 Å². The van der Waals surface area contributed by atoms with Crippen LogP contribution in [0.25, 0.3) is 10.9 Å². The molecule has 6 nitrogen and oxygen atoms in total. The van der Waals surface area contributed by atoms with Crippen LogP contribution in [0.1, 0.15) is 12.0 Å². The number of nitriles is 1. The molecule has 3 aromatic rings. The zero-order chi connectivity index (χ0) is 17.1. The highest BCUT2D eigenvalue weighted by Gasteiger charge is 2.24. The van der Waals surface area contributed by atoms with Gasteiger partial charge >= 0.3 is 0 Å². The van der Waals surface area contributed by atoms with E-state index in [1.165, 1.54) is 0 Å². The van der Waals surface area contributed by atoms with Gasteiger partial charge in [-0.05, 0) is 36.6 Å². The molecule has 25 heavy (non-hydrogen) atoms. The zero-order valence-electron chi connectivity index (χ0n) is 13.8. The molecule has 1 atom stereocenters. The summed E-state index contributed by atoms with van der Waals surface area (Å²) >= 11 is 0. The summed E-state index contributed by atoms with van der Waals surface area (Å²) in [7, 11) is 0. The van der Waals surface area contributed by atoms with Gasteiger partial charge in [-0.2, -0.15) is 5.26 Å². The van der Waals surface area contributed by atoms with Gasteiger partial charge in [0.2, 0.25) is 0 Å². The predicted octanol–water partition coefficient (Wildman–Crippen LogP) is 2.83. The SMILES string of the molecule is N#Cc1ccc(NC[C@@H]2CCN(c3ncnc4ccccc34)C2)nc1. The first-order valence-corrected chi connectivity index (χ1v) is 8.38. The Labute approximate surface area is 146 Å². The summed E-state index contributed by atoms with van der Waals surface area (Å²) in [4.78, 5) is 15.4. The number of para-hydroxylation sites is 1. The van der Waals surface area contributed by atoms with Crippen molar-refractivity contribution in [2.45, 2.75) is 6.42 Å². The van der Waals surface area contributed by atoms with Crippen molar-refractivity contribution < 1.29 is 0 Å². The number of nitrogens with one attached hydrogen (secondary N) is 1. The van der Waals surface area contributed by atoms with Crippen LogP contribution in [0, 0.1) is 17.2 Å². The molecule has 0 spiro atoms. The molecule has 4 rings (SSSR count). The molecule has 2 aromatic heterocycles. The maximum absolute atomic E-state index is 8.82. The fourth-order valence-corrected chi connectivity index (χ4v) is 3.25. The minimum Gasteiger partial charge on any atom is -0.370 e. The molecule has 3 heterocycles. The molecule has 1 N–H and O–H groups in total. The summed E-state index contributed by atoms with van der Waals surface area (Å²) in [5.74, 6) is 2.36. The summed E-state index contributed by atoms with van der Waals surface area (Å²) in [6.45, 7) is 2.82. The van der Waals surface area contributed by atoms with Crippen LogP contribution >= 0.6 is 0 Å². The van der Waals surface area contributed by atoms with E-state index in [1.807, 2.05) is 24.3 Å². The topological polar surface area (TPSA) is 77.7 Å². The van der Waals surface area contributed by atoms with Gasteiger partial charge in [0.1, 0.15) is 24.0 Å². The number of anilines is 2. The van der Waals surface area contributed by atoms with E-state index in [-0.39, 0.29) is 0 Å². The largest absolute Gasteiger partial charge is 0.370 e. The summed E-state index contributed by atoms with van der Waals surface area (Å²) in [6.07, 6.45) is 4.35. The predicted molar refractivity (Wildman–Crippen MR) is 97.3 cm³/mol. The van der Waals surface area contributed by atoms with Crippen LogP contribution in [-0.4, -0.2) is 34.6 Å². The first-order valence-electron chi connectivity index (χ1n) is 8.38. The van der Waals surface area contributed by atoms with Crippen LogP contribution in [0.3, 0.4) is 0 Å². The highest BCUT2D eigenvalue weighted by molar-refractivity contribution is 5.89. The molecule has 0 bridgehead atoms. The average Bonchev–Trinajstić information content (AvgIpc) is 3.15. The Hall–Kier alpha value is -3.20. The highest BCUT2D eigenvalue weighted by Crippen LogP contribution is 2.27. The third-order valence-corrected chi connectivity index (χ3v) is 4.57. The van der Waals surface area contributed by atoms with E-state index >= 15 is 0 Å². The normalized spacial score (nSPS) is 16.8. The van der Waals surface area contributed by atoms with Gasteiger partial charge in [0, 0.05) is 31.2 Å². The quantitative estimate of drug-likeness (QED) is 0.792. The number of aromatic nitrogens is 3. The number of pyridine rings is 1. The van der Waals surface area contributed by atoms with Gasteiger partial charge in [-0.3, -0.25) is 0 Å². The number of hydrogen-bond donors (Lipinski definition) is 1. The standard InChI is InChI=1S/C19H18N6/c20-9-14-5-6-18(21-10-14)22-11-15-7-8-25(12-15)19-16-3-1-2-4-17(16)23-13-24-19/h1-6,10,13,15H,7-8,11-12H2,(H,21,22)/t15-/m0/s1. The molecule has 124 valence electrons. The molecule has 1 saturated heterocycles. The summed E-state index contributed by atoms with van der Waals surface area (Å²) in [5, 5.41) is 13.3. The lowest BCUT2D eigenvalue weighted by atomic mass is 10.1. The molecule has 0 amide bonds. The van der Waals surface area contributed by atoms with Gasteiger partial charge in [0.25, 0.3) is 0 Å². The van der Waals surface area contributed by atoms with Gasteiger partial charge in [-0.1, -0.05) is 12.1 Å². The van der Waals surface area contributed by atoms with E-state index in [2.05, 4.69) is 37.3 Å². The van der Waals surface area contributed by atoms with Gasteiger partial charge in [-0.15, -0.1) is 0 Å². The molecule has 0 saturated carbocycles. The lowest BCUT2D eigenvalue weighted by Gasteiger charge is -2.19. The van der Waals surface area contributed by atoms with Gasteiger partial charge in [-0.25, -0.2) is 15.0 Å². The molecule has 1 fully saturated rings. The number of hydrogen-bond acceptors (Lipinski definition) is 6. The maximum atomic E-state index is 8.82. The number of rotatable bonds is 4. The van der Waals surface area contributed by atoms with Crippen molar-refractivity contribution >= 4 is 22.5 Å². The van der Waals surface area contributed by atoms with Crippen molar-refractivity contribution in [2.75, 3.05) is 29.9 Å². The molecule has 1 aliphatic heterocycles. The summed E-state index contributed by atoms with van der Waals surface area (Å²) in [6, 6.07) is 13.8. The Morgan fingerprint density at radius 1 is 1.16 bits per heavy atom. The highest BCUT2D eigenvalue weighted by atomic mass is 15.2. The third kappa shape index (κ3) is 3.22. The van der Waals surface area contributed by atoms with Crippen molar-refractivity contribution in [3.63, 3.8) is 0 Å². The number of nitrogens with zero attached hydrogens (tertiary/aromatic N) is 5. The lowest BCUT2D eigenvalue weighted by molar-refractivity contribution is 0.621. The Bertz CT molecular complexity index is 910. The molecule has 6 heteroatoms. The van der Waals surface area contributed by atoms with E-state index in [0.717, 1.165) is 48.6 Å². The second-order valence-corrected chi connectivity index (χ2v) is 6.24. The molecule has 0 radical (unpaired) electrons. The van der Waals surface area contributed by atoms with Gasteiger partial charge in [0.15, 0.2) is 0 Å². The Morgan fingerprint density at radius 3 is 2.92 bits per heavy atom. The maximum Gasteiger partial charge on any atom is 0.139 e. The molecular formula is C19H18N6. The monoisotopic (exact) mass is 330 g/mol. The van der Waals surface area contributed by atoms with Crippen LogP contribution in [0.4, 0.5) is 11.6 Å². The van der Waals surface area contributed by atoms with E-state index in [4.69, 9.17) is 5.26 Å². The molecular weight excluding hydrogens is 312 g/mol. The summed E-state index contributed by atoms with van der Waals surface area (Å²) < 4.78 is 0. The fraction of sp³-hybridized carbons (Fsp3) is 0.263. The second kappa shape index (κ2) is 6.73. The van der Waals surface area contributed by atoms with Crippen molar-refractivity contribution in [3.8, 4) is 6.07 Å². The Kier molecular flexibility index (Phi) is 4.13. The average molecular weight is 330 g/mol. The summed E-state index contributed by atoms with van der Waals surface area (Å²) in [5.41, 5.74) is 1.56. The number of benzene rings is 1.